The van der Waals surface area contributed by atoms with Gasteiger partial charge in [0.15, 0.2) is 6.61 Å². The summed E-state index contributed by atoms with van der Waals surface area (Å²) in [7, 11) is 2.94. The number of nitrogens with zero attached hydrogens (tertiary/aromatic N) is 1. The summed E-state index contributed by atoms with van der Waals surface area (Å²) in [6, 6.07) is 21.0. The molecule has 3 aromatic rings. The maximum absolute atomic E-state index is 12.1. The molecule has 0 saturated carbocycles. The van der Waals surface area contributed by atoms with Gasteiger partial charge < -0.3 is 24.8 Å². The van der Waals surface area contributed by atoms with Gasteiger partial charge in [-0.3, -0.25) is 14.4 Å². The van der Waals surface area contributed by atoms with E-state index >= 15 is 0 Å². The summed E-state index contributed by atoms with van der Waals surface area (Å²) in [5.41, 5.74) is 4.12. The van der Waals surface area contributed by atoms with E-state index in [4.69, 9.17) is 14.2 Å². The molecule has 0 saturated heterocycles. The van der Waals surface area contributed by atoms with E-state index < -0.39 is 11.8 Å². The molecule has 10 nitrogen and oxygen atoms in total. The van der Waals surface area contributed by atoms with Crippen molar-refractivity contribution in [2.75, 3.05) is 26.1 Å². The van der Waals surface area contributed by atoms with Crippen LogP contribution in [0.15, 0.2) is 77.9 Å². The Morgan fingerprint density at radius 2 is 1.58 bits per heavy atom. The van der Waals surface area contributed by atoms with E-state index in [0.717, 1.165) is 5.56 Å². The maximum Gasteiger partial charge on any atom is 0.329 e. The minimum absolute atomic E-state index is 0.121. The zero-order chi connectivity index (χ0) is 25.8. The molecular weight excluding hydrogens is 464 g/mol. The summed E-state index contributed by atoms with van der Waals surface area (Å²) in [5.74, 6) is -0.719. The van der Waals surface area contributed by atoms with Crippen LogP contribution in [0.1, 0.15) is 11.1 Å². The fraction of sp³-hybridized carbons (Fsp3) is 0.154. The molecule has 186 valence electrons. The molecule has 3 N–H and O–H groups in total. The molecule has 0 spiro atoms. The van der Waals surface area contributed by atoms with Gasteiger partial charge in [0, 0.05) is 12.6 Å². The normalized spacial score (nSPS) is 10.4. The lowest BCUT2D eigenvalue weighted by Gasteiger charge is -2.10. The Balaban J connectivity index is 1.42. The largest absolute Gasteiger partial charge is 0.497 e. The third kappa shape index (κ3) is 7.87. The minimum Gasteiger partial charge on any atom is -0.497 e. The SMILES string of the molecule is COc1ccc(NC(=O)C(=O)N/N=C\c2ccc(OCC(=O)NCc3ccccc3)cc2)c(OC)c1. The summed E-state index contributed by atoms with van der Waals surface area (Å²) in [5, 5.41) is 9.03. The van der Waals surface area contributed by atoms with Gasteiger partial charge in [0.25, 0.3) is 5.91 Å². The van der Waals surface area contributed by atoms with E-state index in [0.29, 0.717) is 35.0 Å². The van der Waals surface area contributed by atoms with Crippen LogP contribution in [0.4, 0.5) is 5.69 Å². The summed E-state index contributed by atoms with van der Waals surface area (Å²) < 4.78 is 15.8. The molecule has 0 unspecified atom stereocenters. The van der Waals surface area contributed by atoms with Crippen molar-refractivity contribution in [1.29, 1.82) is 0 Å². The molecule has 0 radical (unpaired) electrons. The predicted octanol–water partition coefficient (Wildman–Crippen LogP) is 2.49. The number of anilines is 1. The third-order valence-corrected chi connectivity index (χ3v) is 4.83. The number of carbonyl (C=O) groups is 3. The van der Waals surface area contributed by atoms with Gasteiger partial charge in [-0.05, 0) is 47.5 Å². The minimum atomic E-state index is -0.953. The van der Waals surface area contributed by atoms with Crippen molar-refractivity contribution in [3.63, 3.8) is 0 Å². The molecule has 0 bridgehead atoms. The van der Waals surface area contributed by atoms with E-state index in [-0.39, 0.29) is 12.5 Å². The second-order valence-corrected chi connectivity index (χ2v) is 7.34. The van der Waals surface area contributed by atoms with Crippen LogP contribution in [0.5, 0.6) is 17.2 Å². The lowest BCUT2D eigenvalue weighted by Crippen LogP contribution is -2.32. The summed E-state index contributed by atoms with van der Waals surface area (Å²) in [4.78, 5) is 36.1. The molecule has 3 rings (SSSR count). The first-order chi connectivity index (χ1) is 17.5. The number of methoxy groups -OCH3 is 2. The van der Waals surface area contributed by atoms with Gasteiger partial charge in [0.05, 0.1) is 26.1 Å². The maximum atomic E-state index is 12.1. The quantitative estimate of drug-likeness (QED) is 0.228. The number of hydrogen-bond donors (Lipinski definition) is 3. The Labute approximate surface area is 208 Å². The average Bonchev–Trinajstić information content (AvgIpc) is 2.92. The summed E-state index contributed by atoms with van der Waals surface area (Å²) in [6.45, 7) is 0.306. The van der Waals surface area contributed by atoms with Crippen LogP contribution in [0.3, 0.4) is 0 Å². The Bertz CT molecular complexity index is 1210. The predicted molar refractivity (Wildman–Crippen MR) is 134 cm³/mol. The number of nitrogens with one attached hydrogen (secondary N) is 3. The van der Waals surface area contributed by atoms with Crippen molar-refractivity contribution >= 4 is 29.6 Å². The Morgan fingerprint density at radius 3 is 2.28 bits per heavy atom. The van der Waals surface area contributed by atoms with Gasteiger partial charge in [-0.1, -0.05) is 30.3 Å². The van der Waals surface area contributed by atoms with Crippen LogP contribution in [-0.4, -0.2) is 44.8 Å². The number of ether oxygens (including phenoxy) is 3. The number of hydrogen-bond acceptors (Lipinski definition) is 7. The second-order valence-electron chi connectivity index (χ2n) is 7.34. The molecule has 0 atom stereocenters. The first kappa shape index (κ1) is 25.8. The fourth-order valence-electron chi connectivity index (χ4n) is 2.94. The molecule has 10 heteroatoms. The van der Waals surface area contributed by atoms with Crippen molar-refractivity contribution in [2.24, 2.45) is 5.10 Å². The summed E-state index contributed by atoms with van der Waals surface area (Å²) >= 11 is 0. The van der Waals surface area contributed by atoms with Gasteiger partial charge in [-0.2, -0.15) is 5.10 Å². The molecule has 36 heavy (non-hydrogen) atoms. The molecule has 0 aliphatic carbocycles. The van der Waals surface area contributed by atoms with Crippen LogP contribution in [0.2, 0.25) is 0 Å². The first-order valence-electron chi connectivity index (χ1n) is 10.9. The highest BCUT2D eigenvalue weighted by Gasteiger charge is 2.15. The van der Waals surface area contributed by atoms with Crippen molar-refractivity contribution in [3.05, 3.63) is 83.9 Å². The lowest BCUT2D eigenvalue weighted by atomic mass is 10.2. The van der Waals surface area contributed by atoms with E-state index in [1.807, 2.05) is 30.3 Å². The van der Waals surface area contributed by atoms with Gasteiger partial charge in [0.2, 0.25) is 0 Å². The summed E-state index contributed by atoms with van der Waals surface area (Å²) in [6.07, 6.45) is 1.37. The van der Waals surface area contributed by atoms with Crippen molar-refractivity contribution in [3.8, 4) is 17.2 Å². The number of amides is 3. The molecule has 0 aliphatic heterocycles. The molecule has 0 aliphatic rings. The molecule has 0 heterocycles. The molecule has 0 fully saturated rings. The van der Waals surface area contributed by atoms with Crippen LogP contribution in [-0.2, 0) is 20.9 Å². The van der Waals surface area contributed by atoms with E-state index in [1.54, 1.807) is 42.5 Å². The first-order valence-corrected chi connectivity index (χ1v) is 10.9. The smallest absolute Gasteiger partial charge is 0.329 e. The van der Waals surface area contributed by atoms with Gasteiger partial charge in [-0.15, -0.1) is 0 Å². The highest BCUT2D eigenvalue weighted by molar-refractivity contribution is 6.39. The van der Waals surface area contributed by atoms with Crippen LogP contribution in [0, 0.1) is 0 Å². The Morgan fingerprint density at radius 1 is 0.861 bits per heavy atom. The lowest BCUT2D eigenvalue weighted by molar-refractivity contribution is -0.136. The van der Waals surface area contributed by atoms with Crippen LogP contribution in [0.25, 0.3) is 0 Å². The highest BCUT2D eigenvalue weighted by atomic mass is 16.5. The topological polar surface area (TPSA) is 127 Å². The number of rotatable bonds is 10. The molecular formula is C26H26N4O6. The standard InChI is InChI=1S/C26H26N4O6/c1-34-21-12-13-22(23(14-21)35-2)29-25(32)26(33)30-28-16-19-8-10-20(11-9-19)36-17-24(31)27-15-18-6-4-3-5-7-18/h3-14,16H,15,17H2,1-2H3,(H,27,31)(H,29,32)(H,30,33)/b28-16-. The number of hydrazone groups is 1. The molecule has 0 aromatic heterocycles. The Hall–Kier alpha value is -4.86. The molecule has 3 amide bonds. The van der Waals surface area contributed by atoms with Crippen LogP contribution >= 0.6 is 0 Å². The highest BCUT2D eigenvalue weighted by Crippen LogP contribution is 2.28. The Kier molecular flexibility index (Phi) is 9.40. The zero-order valence-corrected chi connectivity index (χ0v) is 19.8. The monoisotopic (exact) mass is 490 g/mol. The second kappa shape index (κ2) is 13.1. The van der Waals surface area contributed by atoms with E-state index in [2.05, 4.69) is 21.2 Å². The number of benzene rings is 3. The van der Waals surface area contributed by atoms with Gasteiger partial charge >= 0.3 is 11.8 Å². The molecule has 3 aromatic carbocycles. The van der Waals surface area contributed by atoms with E-state index in [9.17, 15) is 14.4 Å². The average molecular weight is 491 g/mol. The van der Waals surface area contributed by atoms with Crippen molar-refractivity contribution < 1.29 is 28.6 Å². The van der Waals surface area contributed by atoms with Crippen molar-refractivity contribution in [2.45, 2.75) is 6.54 Å². The number of carbonyl (C=O) groups excluding carboxylic acids is 3. The van der Waals surface area contributed by atoms with Gasteiger partial charge in [0.1, 0.15) is 17.2 Å². The van der Waals surface area contributed by atoms with E-state index in [1.165, 1.54) is 20.4 Å². The fourth-order valence-corrected chi connectivity index (χ4v) is 2.94. The van der Waals surface area contributed by atoms with Crippen LogP contribution < -0.4 is 30.3 Å². The van der Waals surface area contributed by atoms with Gasteiger partial charge in [-0.25, -0.2) is 5.43 Å². The zero-order valence-electron chi connectivity index (χ0n) is 19.8. The van der Waals surface area contributed by atoms with Crippen molar-refractivity contribution in [1.82, 2.24) is 10.7 Å². The third-order valence-electron chi connectivity index (χ3n) is 4.83.